The van der Waals surface area contributed by atoms with Crippen LogP contribution in [0.1, 0.15) is 25.2 Å². The van der Waals surface area contributed by atoms with Crippen molar-refractivity contribution in [3.63, 3.8) is 0 Å². The highest BCUT2D eigenvalue weighted by atomic mass is 16.2. The van der Waals surface area contributed by atoms with Crippen LogP contribution in [0.3, 0.4) is 0 Å². The van der Waals surface area contributed by atoms with Crippen LogP contribution < -0.4 is 5.32 Å². The number of aromatic amines is 1. The summed E-state index contributed by atoms with van der Waals surface area (Å²) in [7, 11) is 0. The number of nitrogens with one attached hydrogen (secondary N) is 2. The van der Waals surface area contributed by atoms with Crippen LogP contribution in [0.25, 0.3) is 0 Å². The van der Waals surface area contributed by atoms with Crippen molar-refractivity contribution in [2.75, 3.05) is 0 Å². The third-order valence-corrected chi connectivity index (χ3v) is 2.84. The molecule has 0 saturated carbocycles. The molecule has 0 aliphatic rings. The lowest BCUT2D eigenvalue weighted by Crippen LogP contribution is -2.44. The lowest BCUT2D eigenvalue weighted by atomic mass is 10.2. The first kappa shape index (κ1) is 15.6. The van der Waals surface area contributed by atoms with Crippen LogP contribution >= 0.6 is 0 Å². The average Bonchev–Trinajstić information content (AvgIpc) is 2.99. The third-order valence-electron chi connectivity index (χ3n) is 2.84. The molecule has 8 nitrogen and oxygen atoms in total. The number of H-pyrrole nitrogens is 1. The number of amides is 2. The minimum atomic E-state index is -0.644. The predicted octanol–water partition coefficient (Wildman–Crippen LogP) is 0.253. The topological polar surface area (TPSA) is 104 Å². The third kappa shape index (κ3) is 4.37. The van der Waals surface area contributed by atoms with Gasteiger partial charge in [-0.3, -0.25) is 9.59 Å². The van der Waals surface area contributed by atoms with Crippen molar-refractivity contribution in [2.24, 2.45) is 0 Å². The molecule has 2 N–H and O–H groups in total. The first-order chi connectivity index (χ1) is 10.6. The van der Waals surface area contributed by atoms with Crippen LogP contribution in [0.2, 0.25) is 0 Å². The Labute approximate surface area is 127 Å². The van der Waals surface area contributed by atoms with Crippen molar-refractivity contribution < 1.29 is 9.59 Å². The normalized spacial score (nSPS) is 10.5. The van der Waals surface area contributed by atoms with Crippen LogP contribution in [0.5, 0.6) is 0 Å². The number of carbonyl (C=O) groups is 2. The van der Waals surface area contributed by atoms with Crippen molar-refractivity contribution in [2.45, 2.75) is 33.0 Å². The second-order valence-corrected chi connectivity index (χ2v) is 5.10. The Morgan fingerprint density at radius 3 is 2.55 bits per heavy atom. The molecule has 2 aromatic rings. The molecule has 22 heavy (non-hydrogen) atoms. The minimum Gasteiger partial charge on any atom is -0.346 e. The summed E-state index contributed by atoms with van der Waals surface area (Å²) in [6.07, 6.45) is 0. The Kier molecular flexibility index (Phi) is 5.18. The molecular weight excluding hydrogens is 284 g/mol. The van der Waals surface area contributed by atoms with Gasteiger partial charge in [0.1, 0.15) is 0 Å². The van der Waals surface area contributed by atoms with Gasteiger partial charge >= 0.3 is 11.8 Å². The molecule has 0 fully saturated rings. The lowest BCUT2D eigenvalue weighted by molar-refractivity contribution is -0.147. The number of tetrazole rings is 1. The zero-order chi connectivity index (χ0) is 15.9. The highest BCUT2D eigenvalue weighted by Crippen LogP contribution is 2.08. The molecule has 0 atom stereocenters. The number of aromatic nitrogens is 4. The second kappa shape index (κ2) is 7.30. The van der Waals surface area contributed by atoms with E-state index in [4.69, 9.17) is 0 Å². The zero-order valence-corrected chi connectivity index (χ0v) is 12.5. The summed E-state index contributed by atoms with van der Waals surface area (Å²) >= 11 is 0. The molecule has 8 heteroatoms. The van der Waals surface area contributed by atoms with E-state index in [9.17, 15) is 9.59 Å². The molecule has 0 radical (unpaired) electrons. The summed E-state index contributed by atoms with van der Waals surface area (Å²) in [5, 5.41) is 16.0. The van der Waals surface area contributed by atoms with Crippen LogP contribution in [0.4, 0.5) is 0 Å². The summed E-state index contributed by atoms with van der Waals surface area (Å²) in [5.41, 5.74) is 0.914. The van der Waals surface area contributed by atoms with Crippen molar-refractivity contribution in [1.29, 1.82) is 0 Å². The van der Waals surface area contributed by atoms with E-state index in [0.717, 1.165) is 5.56 Å². The maximum atomic E-state index is 12.3. The van der Waals surface area contributed by atoms with Crippen molar-refractivity contribution in [3.8, 4) is 0 Å². The van der Waals surface area contributed by atoms with Crippen molar-refractivity contribution >= 4 is 11.8 Å². The van der Waals surface area contributed by atoms with E-state index in [-0.39, 0.29) is 12.6 Å². The van der Waals surface area contributed by atoms with E-state index >= 15 is 0 Å². The number of hydrogen-bond acceptors (Lipinski definition) is 5. The first-order valence-electron chi connectivity index (χ1n) is 6.92. The molecule has 0 saturated heterocycles. The number of hydrogen-bond donors (Lipinski definition) is 2. The maximum absolute atomic E-state index is 12.3. The Balaban J connectivity index is 2.13. The Bertz CT molecular complexity index is 612. The molecule has 2 amide bonds. The van der Waals surface area contributed by atoms with Gasteiger partial charge in [-0.05, 0) is 19.4 Å². The average molecular weight is 302 g/mol. The van der Waals surface area contributed by atoms with E-state index < -0.39 is 11.8 Å². The smallest absolute Gasteiger partial charge is 0.312 e. The monoisotopic (exact) mass is 302 g/mol. The van der Waals surface area contributed by atoms with Gasteiger partial charge in [-0.25, -0.2) is 0 Å². The molecule has 0 aliphatic carbocycles. The van der Waals surface area contributed by atoms with Crippen LogP contribution in [-0.2, 0) is 22.7 Å². The zero-order valence-electron chi connectivity index (χ0n) is 12.5. The molecule has 0 spiro atoms. The van der Waals surface area contributed by atoms with Gasteiger partial charge in [-0.1, -0.05) is 35.5 Å². The van der Waals surface area contributed by atoms with Gasteiger partial charge < -0.3 is 10.2 Å². The van der Waals surface area contributed by atoms with Crippen molar-refractivity contribution in [1.82, 2.24) is 30.8 Å². The van der Waals surface area contributed by atoms with Gasteiger partial charge in [0.05, 0.1) is 6.54 Å². The molecule has 0 bridgehead atoms. The second-order valence-electron chi connectivity index (χ2n) is 5.10. The predicted molar refractivity (Wildman–Crippen MR) is 78.2 cm³/mol. The van der Waals surface area contributed by atoms with E-state index in [1.54, 1.807) is 13.8 Å². The summed E-state index contributed by atoms with van der Waals surface area (Å²) in [6.45, 7) is 3.99. The number of nitrogens with zero attached hydrogens (tertiary/aromatic N) is 4. The molecular formula is C14H18N6O2. The van der Waals surface area contributed by atoms with Gasteiger partial charge in [-0.15, -0.1) is 10.2 Å². The number of benzene rings is 1. The summed E-state index contributed by atoms with van der Waals surface area (Å²) in [6, 6.07) is 9.30. The highest BCUT2D eigenvalue weighted by molar-refractivity contribution is 6.35. The summed E-state index contributed by atoms with van der Waals surface area (Å²) in [4.78, 5) is 25.7. The fourth-order valence-corrected chi connectivity index (χ4v) is 1.89. The van der Waals surface area contributed by atoms with E-state index in [1.165, 1.54) is 4.90 Å². The highest BCUT2D eigenvalue weighted by Gasteiger charge is 2.23. The molecule has 0 unspecified atom stereocenters. The Morgan fingerprint density at radius 2 is 1.95 bits per heavy atom. The van der Waals surface area contributed by atoms with Gasteiger partial charge in [-0.2, -0.15) is 5.21 Å². The quantitative estimate of drug-likeness (QED) is 0.771. The van der Waals surface area contributed by atoms with E-state index in [0.29, 0.717) is 12.4 Å². The molecule has 2 rings (SSSR count). The van der Waals surface area contributed by atoms with Gasteiger partial charge in [0, 0.05) is 12.6 Å². The standard InChI is InChI=1S/C14H18N6O2/c1-10(2)15-13(21)14(22)20(9-12-16-18-19-17-12)8-11-6-4-3-5-7-11/h3-7,10H,8-9H2,1-2H3,(H,15,21)(H,16,17,18,19). The SMILES string of the molecule is CC(C)NC(=O)C(=O)N(Cc1ccccc1)Cc1nn[nH]n1. The fraction of sp³-hybridized carbons (Fsp3) is 0.357. The summed E-state index contributed by atoms with van der Waals surface area (Å²) in [5.74, 6) is -0.918. The first-order valence-corrected chi connectivity index (χ1v) is 6.92. The maximum Gasteiger partial charge on any atom is 0.312 e. The molecule has 1 heterocycles. The molecule has 0 aliphatic heterocycles. The minimum absolute atomic E-state index is 0.107. The largest absolute Gasteiger partial charge is 0.346 e. The Morgan fingerprint density at radius 1 is 1.23 bits per heavy atom. The Hall–Kier alpha value is -2.77. The lowest BCUT2D eigenvalue weighted by Gasteiger charge is -2.21. The number of rotatable bonds is 5. The van der Waals surface area contributed by atoms with Crippen molar-refractivity contribution in [3.05, 3.63) is 41.7 Å². The van der Waals surface area contributed by atoms with Crippen LogP contribution in [-0.4, -0.2) is 43.4 Å². The summed E-state index contributed by atoms with van der Waals surface area (Å²) < 4.78 is 0. The van der Waals surface area contributed by atoms with Gasteiger partial charge in [0.2, 0.25) is 0 Å². The van der Waals surface area contributed by atoms with Gasteiger partial charge in [0.15, 0.2) is 5.82 Å². The fourth-order valence-electron chi connectivity index (χ4n) is 1.89. The molecule has 1 aromatic carbocycles. The van der Waals surface area contributed by atoms with E-state index in [1.807, 2.05) is 30.3 Å². The molecule has 116 valence electrons. The van der Waals surface area contributed by atoms with Gasteiger partial charge in [0.25, 0.3) is 0 Å². The van der Waals surface area contributed by atoms with Crippen LogP contribution in [0, 0.1) is 0 Å². The van der Waals surface area contributed by atoms with Crippen LogP contribution in [0.15, 0.2) is 30.3 Å². The number of carbonyl (C=O) groups excluding carboxylic acids is 2. The van der Waals surface area contributed by atoms with E-state index in [2.05, 4.69) is 25.9 Å². The molecule has 1 aromatic heterocycles.